The third kappa shape index (κ3) is 6.17. The molecule has 0 radical (unpaired) electrons. The van der Waals surface area contributed by atoms with E-state index in [0.717, 1.165) is 5.56 Å². The number of carbonyl (C=O) groups is 3. The van der Waals surface area contributed by atoms with Gasteiger partial charge in [0, 0.05) is 18.2 Å². The van der Waals surface area contributed by atoms with Crippen LogP contribution in [-0.4, -0.2) is 17.7 Å². The SMILES string of the molecule is CC(=O)N[C@H](C(=O)Nc1cccc(C(N)=O)c1)c1ccc(OCc2ccccc2)cc1. The molecule has 3 amide bonds. The second-order valence-corrected chi connectivity index (χ2v) is 6.91. The summed E-state index contributed by atoms with van der Waals surface area (Å²) in [6, 6.07) is 22.1. The van der Waals surface area contributed by atoms with E-state index in [1.807, 2.05) is 30.3 Å². The average Bonchev–Trinajstić information content (AvgIpc) is 2.77. The number of primary amides is 1. The highest BCUT2D eigenvalue weighted by Gasteiger charge is 2.22. The lowest BCUT2D eigenvalue weighted by atomic mass is 10.1. The van der Waals surface area contributed by atoms with Gasteiger partial charge in [-0.1, -0.05) is 48.5 Å². The molecule has 0 bridgehead atoms. The number of amides is 3. The number of rotatable bonds is 8. The highest BCUT2D eigenvalue weighted by Crippen LogP contribution is 2.21. The van der Waals surface area contributed by atoms with E-state index in [-0.39, 0.29) is 11.5 Å². The van der Waals surface area contributed by atoms with E-state index >= 15 is 0 Å². The van der Waals surface area contributed by atoms with E-state index in [1.165, 1.54) is 13.0 Å². The Morgan fingerprint density at radius 1 is 0.935 bits per heavy atom. The number of carbonyl (C=O) groups excluding carboxylic acids is 3. The largest absolute Gasteiger partial charge is 0.489 e. The van der Waals surface area contributed by atoms with E-state index in [9.17, 15) is 14.4 Å². The van der Waals surface area contributed by atoms with Crippen LogP contribution in [-0.2, 0) is 16.2 Å². The number of hydrogen-bond donors (Lipinski definition) is 3. The summed E-state index contributed by atoms with van der Waals surface area (Å²) in [4.78, 5) is 35.9. The van der Waals surface area contributed by atoms with Crippen molar-refractivity contribution >= 4 is 23.4 Å². The van der Waals surface area contributed by atoms with E-state index in [2.05, 4.69) is 10.6 Å². The maximum atomic E-state index is 12.9. The van der Waals surface area contributed by atoms with Gasteiger partial charge in [-0.05, 0) is 41.5 Å². The minimum Gasteiger partial charge on any atom is -0.489 e. The van der Waals surface area contributed by atoms with Crippen LogP contribution in [0.4, 0.5) is 5.69 Å². The molecule has 4 N–H and O–H groups in total. The first-order valence-electron chi connectivity index (χ1n) is 9.67. The first kappa shape index (κ1) is 21.6. The first-order valence-corrected chi connectivity index (χ1v) is 9.67. The molecule has 7 nitrogen and oxygen atoms in total. The number of nitrogens with one attached hydrogen (secondary N) is 2. The number of benzene rings is 3. The summed E-state index contributed by atoms with van der Waals surface area (Å²) < 4.78 is 5.77. The quantitative estimate of drug-likeness (QED) is 0.523. The molecule has 0 spiro atoms. The minimum atomic E-state index is -0.919. The molecule has 0 saturated carbocycles. The van der Waals surface area contributed by atoms with Crippen LogP contribution in [0.3, 0.4) is 0 Å². The monoisotopic (exact) mass is 417 g/mol. The smallest absolute Gasteiger partial charge is 0.251 e. The van der Waals surface area contributed by atoms with Crippen LogP contribution < -0.4 is 21.1 Å². The molecule has 0 saturated heterocycles. The van der Waals surface area contributed by atoms with Gasteiger partial charge < -0.3 is 21.1 Å². The van der Waals surface area contributed by atoms with E-state index in [0.29, 0.717) is 23.6 Å². The average molecular weight is 417 g/mol. The van der Waals surface area contributed by atoms with Crippen molar-refractivity contribution < 1.29 is 19.1 Å². The maximum absolute atomic E-state index is 12.9. The third-order valence-corrected chi connectivity index (χ3v) is 4.49. The molecular weight excluding hydrogens is 394 g/mol. The highest BCUT2D eigenvalue weighted by molar-refractivity contribution is 5.99. The summed E-state index contributed by atoms with van der Waals surface area (Å²) in [6.07, 6.45) is 0. The predicted molar refractivity (Wildman–Crippen MR) is 117 cm³/mol. The lowest BCUT2D eigenvalue weighted by Crippen LogP contribution is -2.35. The van der Waals surface area contributed by atoms with Crippen molar-refractivity contribution in [1.82, 2.24) is 5.32 Å². The molecule has 0 heterocycles. The summed E-state index contributed by atoms with van der Waals surface area (Å²) in [5.41, 5.74) is 7.59. The molecule has 0 aliphatic rings. The van der Waals surface area contributed by atoms with Crippen LogP contribution in [0.25, 0.3) is 0 Å². The maximum Gasteiger partial charge on any atom is 0.251 e. The molecular formula is C24H23N3O4. The summed E-state index contributed by atoms with van der Waals surface area (Å²) in [5, 5.41) is 5.36. The van der Waals surface area contributed by atoms with Gasteiger partial charge in [-0.2, -0.15) is 0 Å². The van der Waals surface area contributed by atoms with Crippen molar-refractivity contribution in [3.8, 4) is 5.75 Å². The van der Waals surface area contributed by atoms with Crippen molar-refractivity contribution in [2.75, 3.05) is 5.32 Å². The number of anilines is 1. The Hall–Kier alpha value is -4.13. The van der Waals surface area contributed by atoms with Crippen molar-refractivity contribution in [2.24, 2.45) is 5.73 Å². The van der Waals surface area contributed by atoms with Gasteiger partial charge in [0.25, 0.3) is 5.91 Å². The zero-order chi connectivity index (χ0) is 22.2. The Morgan fingerprint density at radius 2 is 1.65 bits per heavy atom. The van der Waals surface area contributed by atoms with Gasteiger partial charge in [0.15, 0.2) is 0 Å². The molecule has 31 heavy (non-hydrogen) atoms. The van der Waals surface area contributed by atoms with Gasteiger partial charge >= 0.3 is 0 Å². The van der Waals surface area contributed by atoms with Gasteiger partial charge in [0.1, 0.15) is 18.4 Å². The summed E-state index contributed by atoms with van der Waals surface area (Å²) in [7, 11) is 0. The Kier molecular flexibility index (Phi) is 7.01. The Morgan fingerprint density at radius 3 is 2.29 bits per heavy atom. The van der Waals surface area contributed by atoms with Crippen molar-refractivity contribution in [1.29, 1.82) is 0 Å². The summed E-state index contributed by atoms with van der Waals surface area (Å²) in [5.74, 6) is -0.755. The topological polar surface area (TPSA) is 111 Å². The first-order chi connectivity index (χ1) is 14.9. The van der Waals surface area contributed by atoms with Gasteiger partial charge in [-0.25, -0.2) is 0 Å². The fraction of sp³-hybridized carbons (Fsp3) is 0.125. The summed E-state index contributed by atoms with van der Waals surface area (Å²) in [6.45, 7) is 1.76. The zero-order valence-corrected chi connectivity index (χ0v) is 17.0. The van der Waals surface area contributed by atoms with Gasteiger partial charge in [0.05, 0.1) is 0 Å². The second kappa shape index (κ2) is 10.1. The molecule has 0 aromatic heterocycles. The van der Waals surface area contributed by atoms with Gasteiger partial charge in [-0.3, -0.25) is 14.4 Å². The van der Waals surface area contributed by atoms with E-state index < -0.39 is 17.9 Å². The molecule has 7 heteroatoms. The standard InChI is InChI=1S/C24H23N3O4/c1-16(28)26-22(24(30)27-20-9-5-8-19(14-20)23(25)29)18-10-12-21(13-11-18)31-15-17-6-3-2-4-7-17/h2-14,22H,15H2,1H3,(H2,25,29)(H,26,28)(H,27,30)/t22-/m0/s1. The van der Waals surface area contributed by atoms with Crippen LogP contribution in [0.1, 0.15) is 34.5 Å². The molecule has 0 unspecified atom stereocenters. The molecule has 0 aliphatic heterocycles. The molecule has 0 fully saturated rings. The molecule has 3 rings (SSSR count). The van der Waals surface area contributed by atoms with E-state index in [1.54, 1.807) is 42.5 Å². The number of hydrogen-bond acceptors (Lipinski definition) is 4. The molecule has 0 aliphatic carbocycles. The molecule has 1 atom stereocenters. The van der Waals surface area contributed by atoms with Crippen LogP contribution in [0.15, 0.2) is 78.9 Å². The number of ether oxygens (including phenoxy) is 1. The molecule has 3 aromatic rings. The van der Waals surface area contributed by atoms with Crippen molar-refractivity contribution in [3.63, 3.8) is 0 Å². The highest BCUT2D eigenvalue weighted by atomic mass is 16.5. The number of nitrogens with two attached hydrogens (primary N) is 1. The Balaban J connectivity index is 1.72. The van der Waals surface area contributed by atoms with Crippen molar-refractivity contribution in [3.05, 3.63) is 95.6 Å². The fourth-order valence-electron chi connectivity index (χ4n) is 2.97. The lowest BCUT2D eigenvalue weighted by molar-refractivity contribution is -0.125. The van der Waals surface area contributed by atoms with Crippen LogP contribution in [0, 0.1) is 0 Å². The normalized spacial score (nSPS) is 11.3. The van der Waals surface area contributed by atoms with Gasteiger partial charge in [-0.15, -0.1) is 0 Å². The summed E-state index contributed by atoms with van der Waals surface area (Å²) >= 11 is 0. The predicted octanol–water partition coefficient (Wildman–Crippen LogP) is 3.18. The molecule has 3 aromatic carbocycles. The van der Waals surface area contributed by atoms with Crippen LogP contribution in [0.2, 0.25) is 0 Å². The fourth-order valence-corrected chi connectivity index (χ4v) is 2.97. The third-order valence-electron chi connectivity index (χ3n) is 4.49. The lowest BCUT2D eigenvalue weighted by Gasteiger charge is -2.19. The second-order valence-electron chi connectivity index (χ2n) is 6.91. The van der Waals surface area contributed by atoms with Gasteiger partial charge in [0.2, 0.25) is 11.8 Å². The zero-order valence-electron chi connectivity index (χ0n) is 17.0. The van der Waals surface area contributed by atoms with E-state index in [4.69, 9.17) is 10.5 Å². The Labute approximate surface area is 180 Å². The Bertz CT molecular complexity index is 1070. The van der Waals surface area contributed by atoms with Crippen molar-refractivity contribution in [2.45, 2.75) is 19.6 Å². The van der Waals surface area contributed by atoms with Crippen LogP contribution in [0.5, 0.6) is 5.75 Å². The van der Waals surface area contributed by atoms with Crippen LogP contribution >= 0.6 is 0 Å². The minimum absolute atomic E-state index is 0.272. The molecule has 158 valence electrons.